The minimum absolute atomic E-state index is 0.188. The second-order valence-corrected chi connectivity index (χ2v) is 9.99. The van der Waals surface area contributed by atoms with E-state index in [9.17, 15) is 4.79 Å². The molecule has 0 spiro atoms. The van der Waals surface area contributed by atoms with Crippen molar-refractivity contribution >= 4 is 17.7 Å². The number of rotatable bonds is 13. The molecule has 182 valence electrons. The zero-order valence-corrected chi connectivity index (χ0v) is 22.0. The quantitative estimate of drug-likeness (QED) is 0.206. The first-order chi connectivity index (χ1) is 16.5. The second kappa shape index (κ2) is 13.4. The average molecular weight is 478 g/mol. The molecular weight excluding hydrogens is 438 g/mol. The van der Waals surface area contributed by atoms with E-state index in [-0.39, 0.29) is 5.91 Å². The zero-order chi connectivity index (χ0) is 24.3. The van der Waals surface area contributed by atoms with E-state index in [0.717, 1.165) is 67.4 Å². The lowest BCUT2D eigenvalue weighted by atomic mass is 10.0. The van der Waals surface area contributed by atoms with E-state index in [1.54, 1.807) is 0 Å². The van der Waals surface area contributed by atoms with Crippen LogP contribution in [-0.4, -0.2) is 27.8 Å². The third kappa shape index (κ3) is 7.23. The summed E-state index contributed by atoms with van der Waals surface area (Å²) in [4.78, 5) is 17.0. The molecule has 0 fully saturated rings. The molecule has 5 heteroatoms. The maximum atomic E-state index is 11.9. The highest BCUT2D eigenvalue weighted by Gasteiger charge is 2.19. The lowest BCUT2D eigenvalue weighted by molar-refractivity contribution is -0.121. The number of nitrogens with zero attached hydrogens (tertiary/aromatic N) is 2. The summed E-state index contributed by atoms with van der Waals surface area (Å²) in [7, 11) is 0. The summed E-state index contributed by atoms with van der Waals surface area (Å²) in [5.41, 5.74) is 7.10. The van der Waals surface area contributed by atoms with Crippen molar-refractivity contribution < 1.29 is 4.79 Å². The van der Waals surface area contributed by atoms with Crippen molar-refractivity contribution in [1.82, 2.24) is 14.9 Å². The van der Waals surface area contributed by atoms with Gasteiger partial charge >= 0.3 is 0 Å². The molecule has 3 rings (SSSR count). The van der Waals surface area contributed by atoms with Crippen LogP contribution in [0.2, 0.25) is 0 Å². The number of carbonyl (C=O) groups excluding carboxylic acids is 1. The summed E-state index contributed by atoms with van der Waals surface area (Å²) in [6, 6.07) is 17.4. The Hall–Kier alpha value is -2.53. The molecule has 34 heavy (non-hydrogen) atoms. The predicted octanol–water partition coefficient (Wildman–Crippen LogP) is 7.42. The molecule has 0 saturated heterocycles. The van der Waals surface area contributed by atoms with Crippen LogP contribution in [0, 0.1) is 13.8 Å². The Morgan fingerprint density at radius 3 is 2.15 bits per heavy atom. The number of nitrogens with one attached hydrogen (secondary N) is 1. The topological polar surface area (TPSA) is 46.9 Å². The molecule has 1 heterocycles. The Morgan fingerprint density at radius 2 is 1.53 bits per heavy atom. The fourth-order valence-corrected chi connectivity index (χ4v) is 5.06. The maximum absolute atomic E-state index is 11.9. The Balaban J connectivity index is 1.69. The molecule has 1 aromatic heterocycles. The van der Waals surface area contributed by atoms with Crippen LogP contribution in [0.3, 0.4) is 0 Å². The SMILES string of the molecule is CCCCCC(=O)NCCCCSc1nc(-c2ccc(C)cc2)c(-c2ccc(C)cc2)n1CC. The van der Waals surface area contributed by atoms with Crippen LogP contribution < -0.4 is 5.32 Å². The number of unbranched alkanes of at least 4 members (excludes halogenated alkanes) is 3. The summed E-state index contributed by atoms with van der Waals surface area (Å²) in [6.45, 7) is 10.2. The largest absolute Gasteiger partial charge is 0.356 e. The van der Waals surface area contributed by atoms with Crippen LogP contribution in [0.1, 0.15) is 63.5 Å². The monoisotopic (exact) mass is 477 g/mol. The molecule has 0 bridgehead atoms. The molecule has 1 amide bonds. The fourth-order valence-electron chi connectivity index (χ4n) is 3.99. The van der Waals surface area contributed by atoms with Gasteiger partial charge in [0.05, 0.1) is 11.4 Å². The first-order valence-corrected chi connectivity index (χ1v) is 13.7. The molecule has 0 radical (unpaired) electrons. The van der Waals surface area contributed by atoms with Gasteiger partial charge < -0.3 is 9.88 Å². The first-order valence-electron chi connectivity index (χ1n) is 12.7. The standard InChI is InChI=1S/C29H39N3OS/c1-5-7-8-11-26(33)30-20-9-10-21-34-29-31-27(24-16-12-22(3)13-17-24)28(32(29)6-2)25-18-14-23(4)15-19-25/h12-19H,5-11,20-21H2,1-4H3,(H,30,33). The number of hydrogen-bond donors (Lipinski definition) is 1. The summed E-state index contributed by atoms with van der Waals surface area (Å²) in [6.07, 6.45) is 5.97. The van der Waals surface area contributed by atoms with E-state index in [0.29, 0.717) is 6.42 Å². The highest BCUT2D eigenvalue weighted by Crippen LogP contribution is 2.36. The Kier molecular flexibility index (Phi) is 10.3. The van der Waals surface area contributed by atoms with Gasteiger partial charge in [0.1, 0.15) is 0 Å². The maximum Gasteiger partial charge on any atom is 0.219 e. The van der Waals surface area contributed by atoms with E-state index in [2.05, 4.69) is 86.1 Å². The van der Waals surface area contributed by atoms with E-state index in [1.165, 1.54) is 22.4 Å². The Morgan fingerprint density at radius 1 is 0.882 bits per heavy atom. The van der Waals surface area contributed by atoms with Gasteiger partial charge in [0.15, 0.2) is 5.16 Å². The molecule has 0 aliphatic heterocycles. The highest BCUT2D eigenvalue weighted by atomic mass is 32.2. The molecule has 0 atom stereocenters. The molecule has 1 N–H and O–H groups in total. The van der Waals surface area contributed by atoms with Crippen molar-refractivity contribution in [2.24, 2.45) is 0 Å². The number of imidazole rings is 1. The van der Waals surface area contributed by atoms with Crippen LogP contribution in [0.25, 0.3) is 22.5 Å². The van der Waals surface area contributed by atoms with Crippen molar-refractivity contribution in [2.75, 3.05) is 12.3 Å². The molecule has 2 aromatic carbocycles. The van der Waals surface area contributed by atoms with Gasteiger partial charge in [-0.2, -0.15) is 0 Å². The molecule has 0 aliphatic carbocycles. The van der Waals surface area contributed by atoms with Crippen molar-refractivity contribution in [3.05, 3.63) is 59.7 Å². The molecular formula is C29H39N3OS. The third-order valence-corrected chi connectivity index (χ3v) is 7.09. The summed E-state index contributed by atoms with van der Waals surface area (Å²) in [5.74, 6) is 1.18. The van der Waals surface area contributed by atoms with Gasteiger partial charge in [0.2, 0.25) is 5.91 Å². The smallest absolute Gasteiger partial charge is 0.219 e. The molecule has 0 unspecified atom stereocenters. The van der Waals surface area contributed by atoms with Crippen LogP contribution in [0.5, 0.6) is 0 Å². The zero-order valence-electron chi connectivity index (χ0n) is 21.2. The number of amides is 1. The van der Waals surface area contributed by atoms with Gasteiger partial charge in [-0.1, -0.05) is 91.2 Å². The van der Waals surface area contributed by atoms with Gasteiger partial charge in [-0.3, -0.25) is 4.79 Å². The Labute approximate surface area is 209 Å². The van der Waals surface area contributed by atoms with E-state index >= 15 is 0 Å². The average Bonchev–Trinajstić information content (AvgIpc) is 3.20. The third-order valence-electron chi connectivity index (χ3n) is 6.03. The van der Waals surface area contributed by atoms with Crippen molar-refractivity contribution in [3.63, 3.8) is 0 Å². The normalized spacial score (nSPS) is 11.1. The lowest BCUT2D eigenvalue weighted by Gasteiger charge is -2.11. The van der Waals surface area contributed by atoms with Gasteiger partial charge in [-0.05, 0) is 40.0 Å². The number of aromatic nitrogens is 2. The number of hydrogen-bond acceptors (Lipinski definition) is 3. The van der Waals surface area contributed by atoms with E-state index in [4.69, 9.17) is 4.98 Å². The summed E-state index contributed by atoms with van der Waals surface area (Å²) >= 11 is 1.82. The Bertz CT molecular complexity index is 1040. The van der Waals surface area contributed by atoms with Gasteiger partial charge in [-0.25, -0.2) is 4.98 Å². The molecule has 0 saturated carbocycles. The van der Waals surface area contributed by atoms with Crippen LogP contribution in [0.15, 0.2) is 53.7 Å². The molecule has 3 aromatic rings. The number of aryl methyl sites for hydroxylation is 2. The van der Waals surface area contributed by atoms with Crippen LogP contribution >= 0.6 is 11.8 Å². The van der Waals surface area contributed by atoms with E-state index < -0.39 is 0 Å². The number of thioether (sulfide) groups is 1. The predicted molar refractivity (Wildman–Crippen MR) is 145 cm³/mol. The van der Waals surface area contributed by atoms with Crippen LogP contribution in [-0.2, 0) is 11.3 Å². The van der Waals surface area contributed by atoms with Gasteiger partial charge in [0, 0.05) is 36.4 Å². The summed E-state index contributed by atoms with van der Waals surface area (Å²) < 4.78 is 2.35. The minimum Gasteiger partial charge on any atom is -0.356 e. The highest BCUT2D eigenvalue weighted by molar-refractivity contribution is 7.99. The van der Waals surface area contributed by atoms with Gasteiger partial charge in [-0.15, -0.1) is 0 Å². The fraction of sp³-hybridized carbons (Fsp3) is 0.448. The van der Waals surface area contributed by atoms with Crippen molar-refractivity contribution in [1.29, 1.82) is 0 Å². The number of benzene rings is 2. The van der Waals surface area contributed by atoms with Crippen LogP contribution in [0.4, 0.5) is 0 Å². The first kappa shape index (κ1) is 26.1. The van der Waals surface area contributed by atoms with Crippen molar-refractivity contribution in [2.45, 2.75) is 77.9 Å². The number of carbonyl (C=O) groups is 1. The van der Waals surface area contributed by atoms with Gasteiger partial charge in [0.25, 0.3) is 0 Å². The van der Waals surface area contributed by atoms with E-state index in [1.807, 2.05) is 11.8 Å². The second-order valence-electron chi connectivity index (χ2n) is 8.93. The minimum atomic E-state index is 0.188. The lowest BCUT2D eigenvalue weighted by Crippen LogP contribution is -2.24. The molecule has 4 nitrogen and oxygen atoms in total. The molecule has 0 aliphatic rings. The van der Waals surface area contributed by atoms with Crippen molar-refractivity contribution in [3.8, 4) is 22.5 Å². The summed E-state index contributed by atoms with van der Waals surface area (Å²) in [5, 5.41) is 4.13.